The Labute approximate surface area is 169 Å². The van der Waals surface area contributed by atoms with Crippen LogP contribution in [-0.4, -0.2) is 38.8 Å². The lowest BCUT2D eigenvalue weighted by Gasteiger charge is -2.20. The van der Waals surface area contributed by atoms with Crippen molar-refractivity contribution in [2.45, 2.75) is 12.7 Å². The van der Waals surface area contributed by atoms with Crippen molar-refractivity contribution in [1.82, 2.24) is 4.31 Å². The Balaban J connectivity index is 2.07. The van der Waals surface area contributed by atoms with Crippen LogP contribution in [0.4, 0.5) is 5.69 Å². The van der Waals surface area contributed by atoms with Crippen LogP contribution in [0, 0.1) is 0 Å². The Hall–Kier alpha value is -1.80. The van der Waals surface area contributed by atoms with Gasteiger partial charge in [-0.25, -0.2) is 8.42 Å². The van der Waals surface area contributed by atoms with Crippen molar-refractivity contribution in [2.75, 3.05) is 25.5 Å². The van der Waals surface area contributed by atoms with Gasteiger partial charge in [0.1, 0.15) is 5.75 Å². The molecule has 0 radical (unpaired) electrons. The van der Waals surface area contributed by atoms with Gasteiger partial charge in [-0.2, -0.15) is 4.31 Å². The van der Waals surface area contributed by atoms with Crippen LogP contribution in [0.1, 0.15) is 12.5 Å². The average Bonchev–Trinajstić information content (AvgIpc) is 2.62. The molecule has 0 aliphatic carbocycles. The zero-order valence-corrected chi connectivity index (χ0v) is 17.2. The molecule has 0 heterocycles. The molecule has 1 amide bonds. The molecule has 0 atom stereocenters. The number of nitrogens with one attached hydrogen (secondary N) is 1. The van der Waals surface area contributed by atoms with Crippen LogP contribution in [-0.2, 0) is 20.6 Å². The molecular formula is C18H20Cl2N2O4S. The van der Waals surface area contributed by atoms with Crippen molar-refractivity contribution in [3.05, 3.63) is 58.1 Å². The molecular weight excluding hydrogens is 411 g/mol. The van der Waals surface area contributed by atoms with Gasteiger partial charge in [-0.15, -0.1) is 0 Å². The van der Waals surface area contributed by atoms with E-state index in [1.807, 2.05) is 0 Å². The Morgan fingerprint density at radius 2 is 1.89 bits per heavy atom. The fourth-order valence-electron chi connectivity index (χ4n) is 2.40. The Morgan fingerprint density at radius 3 is 2.52 bits per heavy atom. The first-order valence-electron chi connectivity index (χ1n) is 8.11. The molecule has 0 bridgehead atoms. The van der Waals surface area contributed by atoms with Crippen LogP contribution in [0.2, 0.25) is 10.0 Å². The number of carbonyl (C=O) groups is 1. The van der Waals surface area contributed by atoms with E-state index in [1.54, 1.807) is 43.3 Å². The number of hydrogen-bond acceptors (Lipinski definition) is 4. The predicted octanol–water partition coefficient (Wildman–Crippen LogP) is 3.79. The Bertz CT molecular complexity index is 919. The summed E-state index contributed by atoms with van der Waals surface area (Å²) in [5.41, 5.74) is 1.02. The van der Waals surface area contributed by atoms with Crippen molar-refractivity contribution >= 4 is 44.8 Å². The van der Waals surface area contributed by atoms with Gasteiger partial charge >= 0.3 is 0 Å². The molecule has 0 aliphatic heterocycles. The fraction of sp³-hybridized carbons (Fsp3) is 0.278. The minimum atomic E-state index is -3.71. The molecule has 0 aromatic heterocycles. The highest BCUT2D eigenvalue weighted by atomic mass is 35.5. The summed E-state index contributed by atoms with van der Waals surface area (Å²) in [6.07, 6.45) is 0. The largest absolute Gasteiger partial charge is 0.497 e. The van der Waals surface area contributed by atoms with Crippen LogP contribution < -0.4 is 10.1 Å². The average molecular weight is 431 g/mol. The first-order valence-corrected chi connectivity index (χ1v) is 10.5. The first kappa shape index (κ1) is 21.5. The number of sulfonamides is 1. The monoisotopic (exact) mass is 430 g/mol. The SMILES string of the molecule is CCN(CC(=O)Nc1cccc(OC)c1)S(=O)(=O)Cc1ccc(Cl)c(Cl)c1. The second-order valence-corrected chi connectivity index (χ2v) is 8.49. The van der Waals surface area contributed by atoms with Crippen molar-refractivity contribution in [1.29, 1.82) is 0 Å². The minimum Gasteiger partial charge on any atom is -0.497 e. The van der Waals surface area contributed by atoms with E-state index < -0.39 is 15.9 Å². The number of carbonyl (C=O) groups excluding carboxylic acids is 1. The number of hydrogen-bond donors (Lipinski definition) is 1. The normalized spacial score (nSPS) is 11.4. The third-order valence-corrected chi connectivity index (χ3v) is 6.36. The van der Waals surface area contributed by atoms with E-state index in [4.69, 9.17) is 27.9 Å². The molecule has 9 heteroatoms. The molecule has 0 unspecified atom stereocenters. The molecule has 6 nitrogen and oxygen atoms in total. The molecule has 1 N–H and O–H groups in total. The van der Waals surface area contributed by atoms with Crippen molar-refractivity contribution in [3.8, 4) is 5.75 Å². The summed E-state index contributed by atoms with van der Waals surface area (Å²) in [5.74, 6) is -0.125. The summed E-state index contributed by atoms with van der Waals surface area (Å²) < 4.78 is 31.5. The fourth-order valence-corrected chi connectivity index (χ4v) is 4.21. The topological polar surface area (TPSA) is 75.7 Å². The zero-order chi connectivity index (χ0) is 20.0. The number of methoxy groups -OCH3 is 1. The van der Waals surface area contributed by atoms with Crippen molar-refractivity contribution < 1.29 is 17.9 Å². The van der Waals surface area contributed by atoms with Crippen LogP contribution in [0.5, 0.6) is 5.75 Å². The number of nitrogens with zero attached hydrogens (tertiary/aromatic N) is 1. The minimum absolute atomic E-state index is 0.162. The van der Waals surface area contributed by atoms with Crippen LogP contribution in [0.3, 0.4) is 0 Å². The van der Waals surface area contributed by atoms with Gasteiger partial charge in [-0.05, 0) is 29.8 Å². The van der Waals surface area contributed by atoms with Crippen molar-refractivity contribution in [2.24, 2.45) is 0 Å². The number of likely N-dealkylation sites (N-methyl/N-ethyl adjacent to an activating group) is 1. The summed E-state index contributed by atoms with van der Waals surface area (Å²) in [5, 5.41) is 3.30. The zero-order valence-electron chi connectivity index (χ0n) is 14.9. The smallest absolute Gasteiger partial charge is 0.239 e. The molecule has 0 fully saturated rings. The van der Waals surface area contributed by atoms with Gasteiger partial charge < -0.3 is 10.1 Å². The van der Waals surface area contributed by atoms with E-state index in [9.17, 15) is 13.2 Å². The van der Waals surface area contributed by atoms with E-state index >= 15 is 0 Å². The number of ether oxygens (including phenoxy) is 1. The lowest BCUT2D eigenvalue weighted by atomic mass is 10.2. The van der Waals surface area contributed by atoms with E-state index in [2.05, 4.69) is 5.32 Å². The lowest BCUT2D eigenvalue weighted by molar-refractivity contribution is -0.116. The summed E-state index contributed by atoms with van der Waals surface area (Å²) in [6, 6.07) is 11.5. The second-order valence-electron chi connectivity index (χ2n) is 5.71. The van der Waals surface area contributed by atoms with Gasteiger partial charge in [0.15, 0.2) is 0 Å². The third kappa shape index (κ3) is 6.10. The lowest BCUT2D eigenvalue weighted by Crippen LogP contribution is -2.38. The molecule has 2 rings (SSSR count). The molecule has 2 aromatic carbocycles. The highest BCUT2D eigenvalue weighted by Crippen LogP contribution is 2.24. The van der Waals surface area contributed by atoms with Gasteiger partial charge in [-0.3, -0.25) is 4.79 Å². The number of rotatable bonds is 8. The van der Waals surface area contributed by atoms with Crippen molar-refractivity contribution in [3.63, 3.8) is 0 Å². The van der Waals surface area contributed by atoms with Gasteiger partial charge in [-0.1, -0.05) is 42.3 Å². The summed E-state index contributed by atoms with van der Waals surface area (Å²) in [6.45, 7) is 1.54. The van der Waals surface area contributed by atoms with Gasteiger partial charge in [0.25, 0.3) is 0 Å². The first-order chi connectivity index (χ1) is 12.7. The van der Waals surface area contributed by atoms with E-state index in [0.717, 1.165) is 4.31 Å². The molecule has 0 spiro atoms. The maximum absolute atomic E-state index is 12.7. The van der Waals surface area contributed by atoms with Gasteiger partial charge in [0.2, 0.25) is 15.9 Å². The predicted molar refractivity (Wildman–Crippen MR) is 108 cm³/mol. The maximum Gasteiger partial charge on any atom is 0.239 e. The number of amides is 1. The number of anilines is 1. The molecule has 0 saturated heterocycles. The summed E-state index contributed by atoms with van der Waals surface area (Å²) >= 11 is 11.8. The number of benzene rings is 2. The molecule has 146 valence electrons. The highest BCUT2D eigenvalue weighted by molar-refractivity contribution is 7.88. The molecule has 0 aliphatic rings. The standard InChI is InChI=1S/C18H20Cl2N2O4S/c1-3-22(11-18(23)21-14-5-4-6-15(10-14)26-2)27(24,25)12-13-7-8-16(19)17(20)9-13/h4-10H,3,11-12H2,1-2H3,(H,21,23). The molecule has 27 heavy (non-hydrogen) atoms. The highest BCUT2D eigenvalue weighted by Gasteiger charge is 2.24. The Kier molecular flexibility index (Phi) is 7.49. The molecule has 0 saturated carbocycles. The third-order valence-electron chi connectivity index (χ3n) is 3.75. The second kappa shape index (κ2) is 9.41. The van der Waals surface area contributed by atoms with Crippen LogP contribution in [0.25, 0.3) is 0 Å². The number of halogens is 2. The van der Waals surface area contributed by atoms with Gasteiger partial charge in [0.05, 0.1) is 29.5 Å². The van der Waals surface area contributed by atoms with E-state index in [0.29, 0.717) is 22.0 Å². The van der Waals surface area contributed by atoms with Crippen LogP contribution in [0.15, 0.2) is 42.5 Å². The quantitative estimate of drug-likeness (QED) is 0.690. The van der Waals surface area contributed by atoms with Gasteiger partial charge in [0, 0.05) is 18.3 Å². The molecule has 2 aromatic rings. The maximum atomic E-state index is 12.7. The Morgan fingerprint density at radius 1 is 1.15 bits per heavy atom. The summed E-state index contributed by atoms with van der Waals surface area (Å²) in [7, 11) is -2.19. The van der Waals surface area contributed by atoms with Crippen LogP contribution >= 0.6 is 23.2 Å². The summed E-state index contributed by atoms with van der Waals surface area (Å²) in [4.78, 5) is 12.3. The van der Waals surface area contributed by atoms with E-state index in [-0.39, 0.29) is 23.9 Å². The van der Waals surface area contributed by atoms with E-state index in [1.165, 1.54) is 13.2 Å².